The summed E-state index contributed by atoms with van der Waals surface area (Å²) in [6, 6.07) is -0.372. The van der Waals surface area contributed by atoms with Crippen molar-refractivity contribution in [1.29, 1.82) is 0 Å². The van der Waals surface area contributed by atoms with Crippen molar-refractivity contribution >= 4 is 12.1 Å². The van der Waals surface area contributed by atoms with Crippen molar-refractivity contribution in [3.8, 4) is 0 Å². The minimum atomic E-state index is -0.372. The Morgan fingerprint density at radius 1 is 1.64 bits per heavy atom. The summed E-state index contributed by atoms with van der Waals surface area (Å²) in [7, 11) is 0. The van der Waals surface area contributed by atoms with Crippen molar-refractivity contribution in [2.24, 2.45) is 0 Å². The Labute approximate surface area is 66.5 Å². The van der Waals surface area contributed by atoms with E-state index in [4.69, 9.17) is 0 Å². The molecular weight excluding hydrogens is 142 g/mol. The van der Waals surface area contributed by atoms with E-state index in [9.17, 15) is 9.59 Å². The minimum Gasteiger partial charge on any atom is -0.381 e. The highest BCUT2D eigenvalue weighted by Gasteiger charge is 2.05. The molecule has 62 valence electrons. The van der Waals surface area contributed by atoms with E-state index in [1.165, 1.54) is 6.92 Å². The van der Waals surface area contributed by atoms with Gasteiger partial charge in [0.1, 0.15) is 12.1 Å². The summed E-state index contributed by atoms with van der Waals surface area (Å²) in [6.45, 7) is 3.30. The highest BCUT2D eigenvalue weighted by Crippen LogP contribution is 1.89. The molecule has 1 unspecified atom stereocenters. The fourth-order valence-corrected chi connectivity index (χ4v) is 0.676. The number of Topliss-reactive ketones (excluding diaryl/α,β-unsaturated/α-hetero) is 1. The monoisotopic (exact) mass is 155 g/mol. The highest BCUT2D eigenvalue weighted by molar-refractivity contribution is 5.80. The van der Waals surface area contributed by atoms with E-state index in [2.05, 4.69) is 5.32 Å². The quantitative estimate of drug-likeness (QED) is 0.593. The average Bonchev–Trinajstić information content (AvgIpc) is 1.97. The predicted octanol–water partition coefficient (Wildman–Crippen LogP) is 0.656. The summed E-state index contributed by atoms with van der Waals surface area (Å²) in [6.07, 6.45) is 4.42. The number of hydrogen-bond donors (Lipinski definition) is 1. The van der Waals surface area contributed by atoms with Gasteiger partial charge in [0.2, 0.25) is 0 Å². The zero-order valence-corrected chi connectivity index (χ0v) is 6.83. The molecule has 0 aliphatic heterocycles. The second kappa shape index (κ2) is 5.65. The highest BCUT2D eigenvalue weighted by atomic mass is 16.1. The second-order valence-corrected chi connectivity index (χ2v) is 2.32. The van der Waals surface area contributed by atoms with Crippen molar-refractivity contribution in [3.63, 3.8) is 0 Å². The number of nitrogens with one attached hydrogen (secondary N) is 1. The van der Waals surface area contributed by atoms with Gasteiger partial charge in [-0.1, -0.05) is 6.08 Å². The molecule has 0 fully saturated rings. The lowest BCUT2D eigenvalue weighted by Gasteiger charge is -2.06. The molecule has 0 amide bonds. The molecule has 0 heterocycles. The molecule has 0 aromatic carbocycles. The summed E-state index contributed by atoms with van der Waals surface area (Å²) in [5.74, 6) is 0.0131. The molecule has 11 heavy (non-hydrogen) atoms. The fraction of sp³-hybridized carbons (Fsp3) is 0.500. The molecule has 3 nitrogen and oxygen atoms in total. The zero-order valence-electron chi connectivity index (χ0n) is 6.83. The van der Waals surface area contributed by atoms with Gasteiger partial charge in [-0.25, -0.2) is 0 Å². The number of carbonyl (C=O) groups is 2. The van der Waals surface area contributed by atoms with E-state index in [0.717, 1.165) is 6.29 Å². The third kappa shape index (κ3) is 5.33. The van der Waals surface area contributed by atoms with E-state index in [1.807, 2.05) is 6.92 Å². The van der Waals surface area contributed by atoms with Gasteiger partial charge in [-0.3, -0.25) is 4.79 Å². The van der Waals surface area contributed by atoms with Crippen LogP contribution in [-0.2, 0) is 9.59 Å². The van der Waals surface area contributed by atoms with Gasteiger partial charge in [-0.05, 0) is 20.0 Å². The molecule has 0 saturated carbocycles. The Morgan fingerprint density at radius 2 is 2.27 bits per heavy atom. The number of aldehydes is 1. The van der Waals surface area contributed by atoms with Gasteiger partial charge in [-0.15, -0.1) is 0 Å². The second-order valence-electron chi connectivity index (χ2n) is 2.32. The summed E-state index contributed by atoms with van der Waals surface area (Å²) in [5.41, 5.74) is 0. The summed E-state index contributed by atoms with van der Waals surface area (Å²) in [4.78, 5) is 20.9. The Hall–Kier alpha value is -1.12. The molecule has 1 N–H and O–H groups in total. The molecule has 0 radical (unpaired) electrons. The molecule has 0 bridgehead atoms. The Balaban J connectivity index is 3.75. The molecule has 0 aliphatic rings. The third-order valence-electron chi connectivity index (χ3n) is 1.15. The van der Waals surface area contributed by atoms with Gasteiger partial charge in [-0.2, -0.15) is 0 Å². The van der Waals surface area contributed by atoms with E-state index in [-0.39, 0.29) is 18.2 Å². The average molecular weight is 155 g/mol. The van der Waals surface area contributed by atoms with Gasteiger partial charge >= 0.3 is 0 Å². The van der Waals surface area contributed by atoms with E-state index in [1.54, 1.807) is 12.3 Å². The lowest BCUT2D eigenvalue weighted by molar-refractivity contribution is -0.119. The fourth-order valence-electron chi connectivity index (χ4n) is 0.676. The smallest absolute Gasteiger partial charge is 0.142 e. The normalized spacial score (nSPS) is 12.9. The minimum absolute atomic E-state index is 0.0131. The standard InChI is InChI=1S/C8H13NO2/c1-3-4-9-8(6-10)5-7(2)11/h3-4,6,8-9H,5H2,1-2H3. The van der Waals surface area contributed by atoms with Crippen LogP contribution < -0.4 is 5.32 Å². The maximum atomic E-state index is 10.6. The molecule has 0 aromatic heterocycles. The third-order valence-corrected chi connectivity index (χ3v) is 1.15. The number of allylic oxidation sites excluding steroid dienone is 1. The van der Waals surface area contributed by atoms with Gasteiger partial charge in [0, 0.05) is 6.42 Å². The van der Waals surface area contributed by atoms with Crippen molar-refractivity contribution in [1.82, 2.24) is 5.32 Å². The molecule has 0 spiro atoms. The predicted molar refractivity (Wildman–Crippen MR) is 43.1 cm³/mol. The zero-order chi connectivity index (χ0) is 8.69. The summed E-state index contributed by atoms with van der Waals surface area (Å²) in [5, 5.41) is 2.78. The summed E-state index contributed by atoms with van der Waals surface area (Å²) < 4.78 is 0. The van der Waals surface area contributed by atoms with Crippen LogP contribution in [0.2, 0.25) is 0 Å². The van der Waals surface area contributed by atoms with Gasteiger partial charge in [0.15, 0.2) is 0 Å². The van der Waals surface area contributed by atoms with Crippen LogP contribution in [0.25, 0.3) is 0 Å². The first kappa shape index (κ1) is 9.88. The van der Waals surface area contributed by atoms with E-state index in [0.29, 0.717) is 0 Å². The van der Waals surface area contributed by atoms with Crippen LogP contribution in [0.15, 0.2) is 12.3 Å². The molecule has 1 atom stereocenters. The van der Waals surface area contributed by atoms with Crippen LogP contribution >= 0.6 is 0 Å². The van der Waals surface area contributed by atoms with E-state index < -0.39 is 0 Å². The molecule has 0 rings (SSSR count). The van der Waals surface area contributed by atoms with Gasteiger partial charge < -0.3 is 10.1 Å². The van der Waals surface area contributed by atoms with E-state index >= 15 is 0 Å². The first-order chi connectivity index (χ1) is 5.20. The van der Waals surface area contributed by atoms with Gasteiger partial charge in [0.05, 0.1) is 6.04 Å². The Bertz CT molecular complexity index is 163. The molecule has 0 aromatic rings. The Morgan fingerprint density at radius 3 is 2.64 bits per heavy atom. The van der Waals surface area contributed by atoms with Crippen LogP contribution in [0, 0.1) is 0 Å². The first-order valence-corrected chi connectivity index (χ1v) is 3.52. The van der Waals surface area contributed by atoms with Crippen molar-refractivity contribution in [3.05, 3.63) is 12.3 Å². The molecular formula is C8H13NO2. The number of carbonyl (C=O) groups excluding carboxylic acids is 2. The largest absolute Gasteiger partial charge is 0.381 e. The number of ketones is 1. The summed E-state index contributed by atoms with van der Waals surface area (Å²) >= 11 is 0. The Kier molecular flexibility index (Phi) is 5.07. The maximum absolute atomic E-state index is 10.6. The molecule has 3 heteroatoms. The van der Waals surface area contributed by atoms with Crippen molar-refractivity contribution in [2.75, 3.05) is 0 Å². The lowest BCUT2D eigenvalue weighted by atomic mass is 10.2. The number of hydrogen-bond acceptors (Lipinski definition) is 3. The van der Waals surface area contributed by atoms with Crippen molar-refractivity contribution < 1.29 is 9.59 Å². The molecule has 0 saturated heterocycles. The SMILES string of the molecule is CC=CNC(C=O)CC(C)=O. The first-order valence-electron chi connectivity index (χ1n) is 3.52. The molecule has 0 aliphatic carbocycles. The van der Waals surface area contributed by atoms with Gasteiger partial charge in [0.25, 0.3) is 0 Å². The maximum Gasteiger partial charge on any atom is 0.142 e. The van der Waals surface area contributed by atoms with Crippen LogP contribution in [-0.4, -0.2) is 18.1 Å². The number of rotatable bonds is 5. The van der Waals surface area contributed by atoms with Crippen molar-refractivity contribution in [2.45, 2.75) is 26.3 Å². The van der Waals surface area contributed by atoms with Crippen LogP contribution in [0.3, 0.4) is 0 Å². The topological polar surface area (TPSA) is 46.2 Å². The lowest BCUT2D eigenvalue weighted by Crippen LogP contribution is -2.27. The van der Waals surface area contributed by atoms with Crippen LogP contribution in [0.1, 0.15) is 20.3 Å². The van der Waals surface area contributed by atoms with Crippen LogP contribution in [0.5, 0.6) is 0 Å². The van der Waals surface area contributed by atoms with Crippen LogP contribution in [0.4, 0.5) is 0 Å².